The van der Waals surface area contributed by atoms with Gasteiger partial charge in [0.1, 0.15) is 5.76 Å². The van der Waals surface area contributed by atoms with Crippen molar-refractivity contribution in [3.8, 4) is 0 Å². The summed E-state index contributed by atoms with van der Waals surface area (Å²) < 4.78 is 33.6. The lowest BCUT2D eigenvalue weighted by atomic mass is 10.1. The SMILES string of the molecule is Cn1cc(NS(=O)(=O)c2ccc(CNC(C)(C)C)o2)cn1. The quantitative estimate of drug-likeness (QED) is 0.877. The van der Waals surface area contributed by atoms with E-state index < -0.39 is 10.0 Å². The molecule has 0 atom stereocenters. The minimum Gasteiger partial charge on any atom is -0.446 e. The van der Waals surface area contributed by atoms with Gasteiger partial charge in [0.25, 0.3) is 10.0 Å². The fourth-order valence-electron chi connectivity index (χ4n) is 1.63. The minimum atomic E-state index is -3.73. The van der Waals surface area contributed by atoms with Gasteiger partial charge in [0.2, 0.25) is 5.09 Å². The third-order valence-corrected chi connectivity index (χ3v) is 3.91. The fourth-order valence-corrected chi connectivity index (χ4v) is 2.61. The predicted molar refractivity (Wildman–Crippen MR) is 79.3 cm³/mol. The van der Waals surface area contributed by atoms with Crippen LogP contribution in [0.25, 0.3) is 0 Å². The van der Waals surface area contributed by atoms with E-state index in [9.17, 15) is 8.42 Å². The Morgan fingerprint density at radius 3 is 2.62 bits per heavy atom. The number of aromatic nitrogens is 2. The van der Waals surface area contributed by atoms with Gasteiger partial charge in [0.05, 0.1) is 18.4 Å². The third-order valence-electron chi connectivity index (χ3n) is 2.65. The van der Waals surface area contributed by atoms with Crippen molar-refractivity contribution < 1.29 is 12.8 Å². The monoisotopic (exact) mass is 312 g/mol. The number of aryl methyl sites for hydroxylation is 1. The second kappa shape index (κ2) is 5.53. The molecule has 8 heteroatoms. The summed E-state index contributed by atoms with van der Waals surface area (Å²) in [4.78, 5) is 0. The Hall–Kier alpha value is -1.80. The molecule has 2 N–H and O–H groups in total. The topological polar surface area (TPSA) is 89.2 Å². The average molecular weight is 312 g/mol. The molecule has 2 rings (SSSR count). The highest BCUT2D eigenvalue weighted by Gasteiger charge is 2.20. The van der Waals surface area contributed by atoms with E-state index in [1.807, 2.05) is 20.8 Å². The highest BCUT2D eigenvalue weighted by atomic mass is 32.2. The van der Waals surface area contributed by atoms with Crippen molar-refractivity contribution >= 4 is 15.7 Å². The third kappa shape index (κ3) is 4.33. The van der Waals surface area contributed by atoms with E-state index in [0.29, 0.717) is 18.0 Å². The summed E-state index contributed by atoms with van der Waals surface area (Å²) in [5.74, 6) is 0.566. The number of furan rings is 1. The standard InChI is InChI=1S/C13H20N4O3S/c1-13(2,3)14-8-11-5-6-12(20-11)21(18,19)16-10-7-15-17(4)9-10/h5-7,9,14,16H,8H2,1-4H3. The van der Waals surface area contributed by atoms with Crippen LogP contribution in [-0.4, -0.2) is 23.7 Å². The summed E-state index contributed by atoms with van der Waals surface area (Å²) >= 11 is 0. The molecule has 0 saturated heterocycles. The molecule has 21 heavy (non-hydrogen) atoms. The highest BCUT2D eigenvalue weighted by Crippen LogP contribution is 2.18. The molecule has 0 radical (unpaired) electrons. The molecule has 0 fully saturated rings. The zero-order chi connectivity index (χ0) is 15.7. The largest absolute Gasteiger partial charge is 0.446 e. The van der Waals surface area contributed by atoms with Crippen LogP contribution in [0.2, 0.25) is 0 Å². The van der Waals surface area contributed by atoms with Gasteiger partial charge < -0.3 is 9.73 Å². The molecule has 0 bridgehead atoms. The molecule has 0 saturated carbocycles. The van der Waals surface area contributed by atoms with Gasteiger partial charge in [-0.15, -0.1) is 0 Å². The lowest BCUT2D eigenvalue weighted by molar-refractivity contribution is 0.360. The van der Waals surface area contributed by atoms with Crippen LogP contribution in [0.4, 0.5) is 5.69 Å². The zero-order valence-corrected chi connectivity index (χ0v) is 13.4. The molecule has 0 unspecified atom stereocenters. The molecule has 0 aliphatic carbocycles. The maximum atomic E-state index is 12.2. The van der Waals surface area contributed by atoms with Gasteiger partial charge in [-0.05, 0) is 32.9 Å². The van der Waals surface area contributed by atoms with Crippen molar-refractivity contribution in [1.82, 2.24) is 15.1 Å². The molecule has 2 aromatic heterocycles. The van der Waals surface area contributed by atoms with Crippen LogP contribution in [0.1, 0.15) is 26.5 Å². The minimum absolute atomic E-state index is 0.0697. The van der Waals surface area contributed by atoms with Gasteiger partial charge >= 0.3 is 0 Å². The molecule has 7 nitrogen and oxygen atoms in total. The Kier molecular flexibility index (Phi) is 4.11. The number of rotatable bonds is 5. The molecular formula is C13H20N4O3S. The maximum Gasteiger partial charge on any atom is 0.295 e. The van der Waals surface area contributed by atoms with Gasteiger partial charge in [0, 0.05) is 18.8 Å². The Labute approximate surface area is 124 Å². The van der Waals surface area contributed by atoms with E-state index in [4.69, 9.17) is 4.42 Å². The molecule has 0 aliphatic rings. The van der Waals surface area contributed by atoms with Gasteiger partial charge in [-0.2, -0.15) is 13.5 Å². The van der Waals surface area contributed by atoms with E-state index in [2.05, 4.69) is 15.1 Å². The summed E-state index contributed by atoms with van der Waals surface area (Å²) in [7, 11) is -2.02. The average Bonchev–Trinajstić information content (AvgIpc) is 2.95. The van der Waals surface area contributed by atoms with E-state index >= 15 is 0 Å². The van der Waals surface area contributed by atoms with Gasteiger partial charge in [-0.1, -0.05) is 0 Å². The van der Waals surface area contributed by atoms with Crippen LogP contribution in [0.5, 0.6) is 0 Å². The molecular weight excluding hydrogens is 292 g/mol. The van der Waals surface area contributed by atoms with Crippen molar-refractivity contribution in [3.05, 3.63) is 30.3 Å². The van der Waals surface area contributed by atoms with E-state index in [-0.39, 0.29) is 10.6 Å². The smallest absolute Gasteiger partial charge is 0.295 e. The first kappa shape index (κ1) is 15.6. The zero-order valence-electron chi connectivity index (χ0n) is 12.5. The number of hydrogen-bond donors (Lipinski definition) is 2. The number of anilines is 1. The first-order chi connectivity index (χ1) is 9.66. The summed E-state index contributed by atoms with van der Waals surface area (Å²) in [6.45, 7) is 6.54. The van der Waals surface area contributed by atoms with E-state index in [1.54, 1.807) is 19.3 Å². The van der Waals surface area contributed by atoms with Gasteiger partial charge in [-0.25, -0.2) is 0 Å². The second-order valence-electron chi connectivity index (χ2n) is 5.83. The Bertz CT molecular complexity index is 710. The van der Waals surface area contributed by atoms with Crippen molar-refractivity contribution in [3.63, 3.8) is 0 Å². The molecule has 0 aliphatic heterocycles. The fraction of sp³-hybridized carbons (Fsp3) is 0.462. The van der Waals surface area contributed by atoms with Gasteiger partial charge in [-0.3, -0.25) is 9.40 Å². The Morgan fingerprint density at radius 1 is 1.33 bits per heavy atom. The van der Waals surface area contributed by atoms with E-state index in [0.717, 1.165) is 0 Å². The highest BCUT2D eigenvalue weighted by molar-refractivity contribution is 7.92. The first-order valence-corrected chi connectivity index (χ1v) is 7.99. The van der Waals surface area contributed by atoms with E-state index in [1.165, 1.54) is 16.9 Å². The summed E-state index contributed by atoms with van der Waals surface area (Å²) in [6, 6.07) is 3.09. The second-order valence-corrected chi connectivity index (χ2v) is 7.45. The lowest BCUT2D eigenvalue weighted by Crippen LogP contribution is -2.34. The molecule has 116 valence electrons. The van der Waals surface area contributed by atoms with Crippen LogP contribution < -0.4 is 10.0 Å². The van der Waals surface area contributed by atoms with Crippen molar-refractivity contribution in [1.29, 1.82) is 0 Å². The number of sulfonamides is 1. The Morgan fingerprint density at radius 2 is 2.05 bits per heavy atom. The Balaban J connectivity index is 2.09. The van der Waals surface area contributed by atoms with Crippen LogP contribution in [0.3, 0.4) is 0 Å². The summed E-state index contributed by atoms with van der Waals surface area (Å²) in [6.07, 6.45) is 3.01. The van der Waals surface area contributed by atoms with Crippen molar-refractivity contribution in [2.24, 2.45) is 7.05 Å². The van der Waals surface area contributed by atoms with Crippen molar-refractivity contribution in [2.45, 2.75) is 37.9 Å². The predicted octanol–water partition coefficient (Wildman–Crippen LogP) is 1.70. The van der Waals surface area contributed by atoms with Crippen LogP contribution in [0, 0.1) is 0 Å². The normalized spacial score (nSPS) is 12.6. The first-order valence-electron chi connectivity index (χ1n) is 6.51. The summed E-state index contributed by atoms with van der Waals surface area (Å²) in [5, 5.41) is 7.03. The van der Waals surface area contributed by atoms with Crippen LogP contribution >= 0.6 is 0 Å². The van der Waals surface area contributed by atoms with Crippen LogP contribution in [-0.2, 0) is 23.6 Å². The number of nitrogens with one attached hydrogen (secondary N) is 2. The number of hydrogen-bond acceptors (Lipinski definition) is 5. The number of nitrogens with zero attached hydrogens (tertiary/aromatic N) is 2. The molecule has 0 amide bonds. The molecule has 0 aromatic carbocycles. The molecule has 2 heterocycles. The lowest BCUT2D eigenvalue weighted by Gasteiger charge is -2.19. The molecule has 2 aromatic rings. The van der Waals surface area contributed by atoms with Crippen molar-refractivity contribution in [2.75, 3.05) is 4.72 Å². The van der Waals surface area contributed by atoms with Crippen LogP contribution in [0.15, 0.2) is 34.0 Å². The summed E-state index contributed by atoms with van der Waals surface area (Å²) in [5.41, 5.74) is 0.322. The molecule has 0 spiro atoms. The van der Waals surface area contributed by atoms with Gasteiger partial charge in [0.15, 0.2) is 0 Å². The maximum absolute atomic E-state index is 12.2.